The maximum atomic E-state index is 13.3. The van der Waals surface area contributed by atoms with Crippen LogP contribution in [0.4, 0.5) is 8.78 Å². The zero-order valence-corrected chi connectivity index (χ0v) is 11.0. The van der Waals surface area contributed by atoms with Gasteiger partial charge in [-0.2, -0.15) is 0 Å². The minimum absolute atomic E-state index is 0.450. The zero-order valence-electron chi connectivity index (χ0n) is 10.3. The lowest BCUT2D eigenvalue weighted by atomic mass is 9.95. The first-order chi connectivity index (χ1) is 9.04. The second kappa shape index (κ2) is 5.65. The van der Waals surface area contributed by atoms with E-state index in [1.807, 2.05) is 13.0 Å². The highest BCUT2D eigenvalue weighted by Gasteiger charge is 2.17. The molecule has 5 heteroatoms. The predicted molar refractivity (Wildman–Crippen MR) is 71.7 cm³/mol. The van der Waals surface area contributed by atoms with Gasteiger partial charge in [-0.05, 0) is 41.8 Å². The maximum absolute atomic E-state index is 13.3. The molecular weight excluding hydrogens is 270 g/mol. The number of hydrogen-bond acceptors (Lipinski definition) is 2. The van der Waals surface area contributed by atoms with Crippen molar-refractivity contribution in [2.45, 2.75) is 13.0 Å². The van der Waals surface area contributed by atoms with Crippen molar-refractivity contribution in [1.82, 2.24) is 5.43 Å². The fourth-order valence-electron chi connectivity index (χ4n) is 1.99. The van der Waals surface area contributed by atoms with Gasteiger partial charge in [0.1, 0.15) is 0 Å². The molecule has 0 amide bonds. The van der Waals surface area contributed by atoms with E-state index in [-0.39, 0.29) is 0 Å². The number of halogens is 3. The number of hydrazine groups is 1. The molecular formula is C14H13ClF2N2. The highest BCUT2D eigenvalue weighted by atomic mass is 35.5. The monoisotopic (exact) mass is 282 g/mol. The molecule has 0 aliphatic rings. The van der Waals surface area contributed by atoms with Gasteiger partial charge in [0.25, 0.3) is 0 Å². The number of benzene rings is 2. The van der Waals surface area contributed by atoms with Crippen molar-refractivity contribution in [3.8, 4) is 0 Å². The van der Waals surface area contributed by atoms with Crippen LogP contribution in [0.25, 0.3) is 0 Å². The van der Waals surface area contributed by atoms with E-state index < -0.39 is 17.7 Å². The van der Waals surface area contributed by atoms with Crippen LogP contribution in [0.3, 0.4) is 0 Å². The van der Waals surface area contributed by atoms with Crippen LogP contribution in [0, 0.1) is 18.6 Å². The van der Waals surface area contributed by atoms with E-state index in [1.54, 1.807) is 12.1 Å². The summed E-state index contributed by atoms with van der Waals surface area (Å²) in [5.41, 5.74) is 4.80. The Morgan fingerprint density at radius 2 is 1.89 bits per heavy atom. The third kappa shape index (κ3) is 2.76. The number of nitrogens with one attached hydrogen (secondary N) is 1. The predicted octanol–water partition coefficient (Wildman–Crippen LogP) is 3.48. The van der Waals surface area contributed by atoms with E-state index in [4.69, 9.17) is 17.4 Å². The third-order valence-corrected chi connectivity index (χ3v) is 3.47. The number of hydrogen-bond donors (Lipinski definition) is 2. The average Bonchev–Trinajstić information content (AvgIpc) is 2.39. The van der Waals surface area contributed by atoms with Gasteiger partial charge in [-0.1, -0.05) is 29.8 Å². The highest BCUT2D eigenvalue weighted by Crippen LogP contribution is 2.28. The fourth-order valence-corrected chi connectivity index (χ4v) is 2.18. The van der Waals surface area contributed by atoms with Gasteiger partial charge in [-0.25, -0.2) is 14.2 Å². The Balaban J connectivity index is 2.50. The van der Waals surface area contributed by atoms with Crippen molar-refractivity contribution in [2.75, 3.05) is 0 Å². The normalized spacial score (nSPS) is 12.5. The molecule has 19 heavy (non-hydrogen) atoms. The summed E-state index contributed by atoms with van der Waals surface area (Å²) in [4.78, 5) is 0. The molecule has 2 rings (SSSR count). The summed E-state index contributed by atoms with van der Waals surface area (Å²) in [6.07, 6.45) is 0. The average molecular weight is 283 g/mol. The molecule has 0 aliphatic heterocycles. The Kier molecular flexibility index (Phi) is 4.14. The van der Waals surface area contributed by atoms with Crippen molar-refractivity contribution in [2.24, 2.45) is 5.84 Å². The summed E-state index contributed by atoms with van der Waals surface area (Å²) in [6, 6.07) is 8.63. The lowest BCUT2D eigenvalue weighted by molar-refractivity contribution is 0.504. The molecule has 1 unspecified atom stereocenters. The second-order valence-electron chi connectivity index (χ2n) is 4.23. The van der Waals surface area contributed by atoms with Crippen LogP contribution in [-0.2, 0) is 0 Å². The SMILES string of the molecule is Cc1c(Cl)cccc1C(NN)c1ccc(F)c(F)c1. The van der Waals surface area contributed by atoms with E-state index in [9.17, 15) is 8.78 Å². The molecule has 0 radical (unpaired) electrons. The van der Waals surface area contributed by atoms with Crippen LogP contribution in [0.1, 0.15) is 22.7 Å². The molecule has 0 aromatic heterocycles. The Bertz CT molecular complexity index is 602. The van der Waals surface area contributed by atoms with Crippen LogP contribution < -0.4 is 11.3 Å². The largest absolute Gasteiger partial charge is 0.271 e. The molecule has 1 atom stereocenters. The summed E-state index contributed by atoms with van der Waals surface area (Å²) in [5, 5.41) is 0.598. The molecule has 2 nitrogen and oxygen atoms in total. The van der Waals surface area contributed by atoms with Gasteiger partial charge in [0, 0.05) is 5.02 Å². The Morgan fingerprint density at radius 3 is 2.53 bits per heavy atom. The van der Waals surface area contributed by atoms with Crippen molar-refractivity contribution < 1.29 is 8.78 Å². The standard InChI is InChI=1S/C14H13ClF2N2/c1-8-10(3-2-4-11(8)15)14(19-18)9-5-6-12(16)13(17)7-9/h2-7,14,19H,18H2,1H3. The van der Waals surface area contributed by atoms with Gasteiger partial charge in [-0.3, -0.25) is 5.84 Å². The summed E-state index contributed by atoms with van der Waals surface area (Å²) >= 11 is 6.06. The minimum atomic E-state index is -0.905. The van der Waals surface area contributed by atoms with Crippen molar-refractivity contribution in [3.63, 3.8) is 0 Å². The Labute approximate surface area is 115 Å². The van der Waals surface area contributed by atoms with Crippen molar-refractivity contribution in [1.29, 1.82) is 0 Å². The smallest absolute Gasteiger partial charge is 0.159 e. The van der Waals surface area contributed by atoms with Crippen LogP contribution in [0.2, 0.25) is 5.02 Å². The molecule has 0 bridgehead atoms. The summed E-state index contributed by atoms with van der Waals surface area (Å²) in [6.45, 7) is 1.85. The molecule has 0 saturated heterocycles. The third-order valence-electron chi connectivity index (χ3n) is 3.06. The van der Waals surface area contributed by atoms with E-state index in [2.05, 4.69) is 5.43 Å². The molecule has 3 N–H and O–H groups in total. The Morgan fingerprint density at radius 1 is 1.16 bits per heavy atom. The second-order valence-corrected chi connectivity index (χ2v) is 4.63. The van der Waals surface area contributed by atoms with E-state index in [0.29, 0.717) is 10.6 Å². The molecule has 2 aromatic carbocycles. The van der Waals surface area contributed by atoms with Gasteiger partial charge in [-0.15, -0.1) is 0 Å². The zero-order chi connectivity index (χ0) is 14.0. The molecule has 2 aromatic rings. The first kappa shape index (κ1) is 13.9. The van der Waals surface area contributed by atoms with Gasteiger partial charge in [0.2, 0.25) is 0 Å². The number of nitrogens with two attached hydrogens (primary N) is 1. The van der Waals surface area contributed by atoms with Gasteiger partial charge in [0.15, 0.2) is 11.6 Å². The molecule has 0 heterocycles. The molecule has 0 spiro atoms. The lowest BCUT2D eigenvalue weighted by Crippen LogP contribution is -2.29. The summed E-state index contributed by atoms with van der Waals surface area (Å²) in [5.74, 6) is 3.74. The minimum Gasteiger partial charge on any atom is -0.271 e. The van der Waals surface area contributed by atoms with Crippen LogP contribution in [0.5, 0.6) is 0 Å². The van der Waals surface area contributed by atoms with Crippen LogP contribution in [-0.4, -0.2) is 0 Å². The topological polar surface area (TPSA) is 38.0 Å². The van der Waals surface area contributed by atoms with Gasteiger partial charge < -0.3 is 0 Å². The maximum Gasteiger partial charge on any atom is 0.159 e. The van der Waals surface area contributed by atoms with Crippen LogP contribution >= 0.6 is 11.6 Å². The lowest BCUT2D eigenvalue weighted by Gasteiger charge is -2.19. The number of rotatable bonds is 3. The molecule has 0 aliphatic carbocycles. The van der Waals surface area contributed by atoms with Crippen molar-refractivity contribution in [3.05, 3.63) is 69.7 Å². The van der Waals surface area contributed by atoms with Gasteiger partial charge >= 0.3 is 0 Å². The first-order valence-corrected chi connectivity index (χ1v) is 6.08. The quantitative estimate of drug-likeness (QED) is 0.668. The van der Waals surface area contributed by atoms with E-state index >= 15 is 0 Å². The molecule has 0 fully saturated rings. The van der Waals surface area contributed by atoms with Crippen LogP contribution in [0.15, 0.2) is 36.4 Å². The van der Waals surface area contributed by atoms with E-state index in [0.717, 1.165) is 23.3 Å². The summed E-state index contributed by atoms with van der Waals surface area (Å²) in [7, 11) is 0. The summed E-state index contributed by atoms with van der Waals surface area (Å²) < 4.78 is 26.3. The fraction of sp³-hybridized carbons (Fsp3) is 0.143. The first-order valence-electron chi connectivity index (χ1n) is 5.70. The molecule has 0 saturated carbocycles. The van der Waals surface area contributed by atoms with Crippen molar-refractivity contribution >= 4 is 11.6 Å². The Hall–Kier alpha value is -1.49. The van der Waals surface area contributed by atoms with Gasteiger partial charge in [0.05, 0.1) is 6.04 Å². The van der Waals surface area contributed by atoms with E-state index in [1.165, 1.54) is 6.07 Å². The highest BCUT2D eigenvalue weighted by molar-refractivity contribution is 6.31. The molecule has 100 valence electrons.